The van der Waals surface area contributed by atoms with Crippen molar-refractivity contribution in [3.05, 3.63) is 23.8 Å². The summed E-state index contributed by atoms with van der Waals surface area (Å²) in [5.74, 6) is 1.80. The van der Waals surface area contributed by atoms with E-state index in [2.05, 4.69) is 19.2 Å². The third-order valence-corrected chi connectivity index (χ3v) is 5.31. The largest absolute Gasteiger partial charge is 0.486 e. The van der Waals surface area contributed by atoms with Crippen LogP contribution in [0.15, 0.2) is 18.2 Å². The zero-order valence-corrected chi connectivity index (χ0v) is 15.8. The fourth-order valence-electron chi connectivity index (χ4n) is 3.21. The van der Waals surface area contributed by atoms with E-state index in [0.717, 1.165) is 0 Å². The highest BCUT2D eigenvalue weighted by molar-refractivity contribution is 5.95. The van der Waals surface area contributed by atoms with Crippen molar-refractivity contribution in [3.8, 4) is 11.5 Å². The summed E-state index contributed by atoms with van der Waals surface area (Å²) in [5.41, 5.74) is 0.602. The Morgan fingerprint density at radius 3 is 2.38 bits per heavy atom. The molecule has 0 spiro atoms. The Kier molecular flexibility index (Phi) is 5.69. The van der Waals surface area contributed by atoms with Gasteiger partial charge in [0.2, 0.25) is 5.91 Å². The molecule has 0 radical (unpaired) electrons. The van der Waals surface area contributed by atoms with Crippen LogP contribution in [0.4, 0.5) is 0 Å². The van der Waals surface area contributed by atoms with Gasteiger partial charge in [-0.3, -0.25) is 9.59 Å². The Hall–Kier alpha value is -2.24. The molecule has 6 nitrogen and oxygen atoms in total. The lowest BCUT2D eigenvalue weighted by Crippen LogP contribution is -2.45. The van der Waals surface area contributed by atoms with Gasteiger partial charge in [-0.1, -0.05) is 13.8 Å². The molecule has 2 amide bonds. The minimum absolute atomic E-state index is 0.0134. The number of hydrogen-bond acceptors (Lipinski definition) is 4. The highest BCUT2D eigenvalue weighted by Gasteiger charge is 2.29. The third kappa shape index (κ3) is 4.11. The van der Waals surface area contributed by atoms with E-state index in [0.29, 0.717) is 62.1 Å². The van der Waals surface area contributed by atoms with E-state index in [1.807, 2.05) is 11.8 Å². The van der Waals surface area contributed by atoms with Crippen LogP contribution in [0.5, 0.6) is 11.5 Å². The van der Waals surface area contributed by atoms with Crippen molar-refractivity contribution in [1.82, 2.24) is 10.2 Å². The quantitative estimate of drug-likeness (QED) is 0.896. The van der Waals surface area contributed by atoms with Crippen LogP contribution in [0, 0.1) is 11.8 Å². The van der Waals surface area contributed by atoms with E-state index in [-0.39, 0.29) is 23.8 Å². The Morgan fingerprint density at radius 1 is 1.08 bits per heavy atom. The number of amides is 2. The lowest BCUT2D eigenvalue weighted by Gasteiger charge is -2.32. The molecular formula is C20H28N2O4. The van der Waals surface area contributed by atoms with Crippen LogP contribution in [0.3, 0.4) is 0 Å². The molecule has 0 aliphatic carbocycles. The second kappa shape index (κ2) is 7.98. The minimum atomic E-state index is -0.0172. The van der Waals surface area contributed by atoms with E-state index in [4.69, 9.17) is 9.47 Å². The van der Waals surface area contributed by atoms with Gasteiger partial charge in [0.1, 0.15) is 13.2 Å². The van der Waals surface area contributed by atoms with Gasteiger partial charge in [0.25, 0.3) is 5.91 Å². The minimum Gasteiger partial charge on any atom is -0.486 e. The summed E-state index contributed by atoms with van der Waals surface area (Å²) in [6, 6.07) is 5.48. The van der Waals surface area contributed by atoms with E-state index in [9.17, 15) is 9.59 Å². The maximum absolute atomic E-state index is 12.8. The summed E-state index contributed by atoms with van der Waals surface area (Å²) in [4.78, 5) is 27.0. The number of benzene rings is 1. The Labute approximate surface area is 154 Å². The van der Waals surface area contributed by atoms with Crippen molar-refractivity contribution < 1.29 is 19.1 Å². The van der Waals surface area contributed by atoms with Gasteiger partial charge in [-0.15, -0.1) is 0 Å². The van der Waals surface area contributed by atoms with Gasteiger partial charge in [0.05, 0.1) is 0 Å². The second-order valence-corrected chi connectivity index (χ2v) is 7.47. The van der Waals surface area contributed by atoms with Crippen molar-refractivity contribution in [3.63, 3.8) is 0 Å². The topological polar surface area (TPSA) is 67.9 Å². The van der Waals surface area contributed by atoms with Crippen LogP contribution >= 0.6 is 0 Å². The molecule has 3 rings (SSSR count). The molecule has 0 bridgehead atoms. The lowest BCUT2D eigenvalue weighted by molar-refractivity contribution is -0.127. The molecule has 1 fully saturated rings. The fourth-order valence-corrected chi connectivity index (χ4v) is 3.21. The van der Waals surface area contributed by atoms with Gasteiger partial charge in [0, 0.05) is 30.6 Å². The van der Waals surface area contributed by atoms with E-state index in [1.165, 1.54) is 0 Å². The summed E-state index contributed by atoms with van der Waals surface area (Å²) < 4.78 is 11.1. The van der Waals surface area contributed by atoms with Crippen molar-refractivity contribution in [2.45, 2.75) is 39.7 Å². The van der Waals surface area contributed by atoms with Crippen LogP contribution < -0.4 is 14.8 Å². The van der Waals surface area contributed by atoms with Gasteiger partial charge < -0.3 is 19.7 Å². The number of ether oxygens (including phenoxy) is 2. The van der Waals surface area contributed by atoms with Gasteiger partial charge in [-0.2, -0.15) is 0 Å². The second-order valence-electron chi connectivity index (χ2n) is 7.47. The first kappa shape index (κ1) is 18.5. The highest BCUT2D eigenvalue weighted by atomic mass is 16.6. The fraction of sp³-hybridized carbons (Fsp3) is 0.600. The van der Waals surface area contributed by atoms with E-state index >= 15 is 0 Å². The average molecular weight is 360 g/mol. The molecule has 1 saturated heterocycles. The highest BCUT2D eigenvalue weighted by Crippen LogP contribution is 2.31. The van der Waals surface area contributed by atoms with Gasteiger partial charge in [-0.25, -0.2) is 0 Å². The molecule has 142 valence electrons. The van der Waals surface area contributed by atoms with Crippen molar-refractivity contribution in [2.75, 3.05) is 26.3 Å². The molecule has 2 aliphatic heterocycles. The molecule has 0 saturated carbocycles. The summed E-state index contributed by atoms with van der Waals surface area (Å²) in [7, 11) is 0. The average Bonchev–Trinajstić information content (AvgIpc) is 2.67. The van der Waals surface area contributed by atoms with Crippen LogP contribution in [-0.4, -0.2) is 49.1 Å². The van der Waals surface area contributed by atoms with E-state index < -0.39 is 0 Å². The molecule has 6 heteroatoms. The van der Waals surface area contributed by atoms with Gasteiger partial charge >= 0.3 is 0 Å². The van der Waals surface area contributed by atoms with Gasteiger partial charge in [-0.05, 0) is 43.9 Å². The van der Waals surface area contributed by atoms with E-state index in [1.54, 1.807) is 18.2 Å². The number of nitrogens with zero attached hydrogens (tertiary/aromatic N) is 1. The normalized spacial score (nSPS) is 18.5. The number of nitrogens with one attached hydrogen (secondary N) is 1. The number of fused-ring (bicyclic) bond motifs is 1. The predicted octanol–water partition coefficient (Wildman–Crippen LogP) is 2.47. The van der Waals surface area contributed by atoms with Crippen LogP contribution in [0.2, 0.25) is 0 Å². The third-order valence-electron chi connectivity index (χ3n) is 5.31. The predicted molar refractivity (Wildman–Crippen MR) is 98.5 cm³/mol. The van der Waals surface area contributed by atoms with Gasteiger partial charge in [0.15, 0.2) is 11.5 Å². The van der Waals surface area contributed by atoms with Crippen molar-refractivity contribution in [2.24, 2.45) is 11.8 Å². The molecule has 1 atom stereocenters. The Bertz CT molecular complexity index is 666. The zero-order chi connectivity index (χ0) is 18.7. The first-order valence-corrected chi connectivity index (χ1v) is 9.45. The van der Waals surface area contributed by atoms with Crippen molar-refractivity contribution >= 4 is 11.8 Å². The molecule has 2 heterocycles. The Morgan fingerprint density at radius 2 is 1.73 bits per heavy atom. The molecule has 2 aliphatic rings. The molecule has 1 aromatic rings. The zero-order valence-electron chi connectivity index (χ0n) is 15.8. The molecular weight excluding hydrogens is 332 g/mol. The molecule has 1 N–H and O–H groups in total. The number of likely N-dealkylation sites (tertiary alicyclic amines) is 1. The lowest BCUT2D eigenvalue weighted by atomic mass is 9.94. The van der Waals surface area contributed by atoms with Crippen LogP contribution in [0.1, 0.15) is 44.0 Å². The van der Waals surface area contributed by atoms with Crippen molar-refractivity contribution in [1.29, 1.82) is 0 Å². The molecule has 1 aromatic carbocycles. The number of piperidine rings is 1. The summed E-state index contributed by atoms with van der Waals surface area (Å²) in [6.07, 6.45) is 1.40. The Balaban J connectivity index is 1.56. The van der Waals surface area contributed by atoms with Crippen LogP contribution in [-0.2, 0) is 4.79 Å². The summed E-state index contributed by atoms with van der Waals surface area (Å²) >= 11 is 0. The number of carbonyl (C=O) groups excluding carboxylic acids is 2. The summed E-state index contributed by atoms with van der Waals surface area (Å²) in [5, 5.41) is 3.09. The smallest absolute Gasteiger partial charge is 0.253 e. The first-order chi connectivity index (χ1) is 12.5. The SMILES string of the molecule is CC(C)[C@H](C)NC(=O)C1CCN(C(=O)c2ccc3c(c2)OCCO3)CC1. The maximum atomic E-state index is 12.8. The first-order valence-electron chi connectivity index (χ1n) is 9.45. The molecule has 0 aromatic heterocycles. The monoisotopic (exact) mass is 360 g/mol. The molecule has 26 heavy (non-hydrogen) atoms. The number of hydrogen-bond donors (Lipinski definition) is 1. The standard InChI is InChI=1S/C20H28N2O4/c1-13(2)14(3)21-19(23)15-6-8-22(9-7-15)20(24)16-4-5-17-18(12-16)26-11-10-25-17/h4-5,12-15H,6-11H2,1-3H3,(H,21,23)/t14-/m0/s1. The number of rotatable bonds is 4. The van der Waals surface area contributed by atoms with Crippen LogP contribution in [0.25, 0.3) is 0 Å². The molecule has 0 unspecified atom stereocenters. The number of carbonyl (C=O) groups is 2. The summed E-state index contributed by atoms with van der Waals surface area (Å²) in [6.45, 7) is 8.45. The maximum Gasteiger partial charge on any atom is 0.253 e.